The molecule has 0 radical (unpaired) electrons. The molecule has 2 amide bonds. The van der Waals surface area contributed by atoms with Gasteiger partial charge >= 0.3 is 10.2 Å². The van der Waals surface area contributed by atoms with Gasteiger partial charge in [0, 0.05) is 60.4 Å². The number of nitrogens with zero attached hydrogens (tertiary/aromatic N) is 2. The van der Waals surface area contributed by atoms with Crippen LogP contribution in [0.1, 0.15) is 21.5 Å². The molecule has 5 aromatic rings. The van der Waals surface area contributed by atoms with Crippen molar-refractivity contribution in [1.29, 1.82) is 0 Å². The van der Waals surface area contributed by atoms with Crippen LogP contribution in [0.2, 0.25) is 0 Å². The molecule has 0 aliphatic rings. The highest BCUT2D eigenvalue weighted by atomic mass is 32.2. The second-order valence-corrected chi connectivity index (χ2v) is 12.5. The molecule has 46 heavy (non-hydrogen) atoms. The third-order valence-corrected chi connectivity index (χ3v) is 9.23. The topological polar surface area (TPSA) is 144 Å². The predicted octanol–water partition coefficient (Wildman–Crippen LogP) is 3.93. The normalized spacial score (nSPS) is 12.0. The van der Waals surface area contributed by atoms with Gasteiger partial charge in [-0.3, -0.25) is 9.59 Å². The van der Waals surface area contributed by atoms with E-state index in [0.717, 1.165) is 30.5 Å². The van der Waals surface area contributed by atoms with Crippen molar-refractivity contribution >= 4 is 49.9 Å². The van der Waals surface area contributed by atoms with Crippen LogP contribution >= 0.6 is 0 Å². The number of rotatable bonds is 12. The molecule has 0 fully saturated rings. The van der Waals surface area contributed by atoms with Crippen LogP contribution in [0.4, 0.5) is 0 Å². The fraction of sp³-hybridized carbons (Fsp3) is 0.212. The summed E-state index contributed by atoms with van der Waals surface area (Å²) >= 11 is 0. The number of benzene rings is 3. The first-order chi connectivity index (χ1) is 22.1. The van der Waals surface area contributed by atoms with Crippen LogP contribution < -0.4 is 24.8 Å². The van der Waals surface area contributed by atoms with Gasteiger partial charge in [0.1, 0.15) is 11.4 Å². The Morgan fingerprint density at radius 1 is 0.935 bits per heavy atom. The first-order valence-corrected chi connectivity index (χ1v) is 15.7. The lowest BCUT2D eigenvalue weighted by atomic mass is 10.1. The number of nitrogens with one attached hydrogen (secondary N) is 3. The molecule has 0 bridgehead atoms. The number of amides is 2. The summed E-state index contributed by atoms with van der Waals surface area (Å²) in [7, 11) is 3.54. The van der Waals surface area contributed by atoms with E-state index in [1.807, 2.05) is 24.4 Å². The van der Waals surface area contributed by atoms with Crippen molar-refractivity contribution in [2.75, 3.05) is 42.0 Å². The van der Waals surface area contributed by atoms with Gasteiger partial charge in [-0.15, -0.1) is 0 Å². The monoisotopic (exact) mass is 645 g/mol. The molecule has 13 heteroatoms. The zero-order valence-corrected chi connectivity index (χ0v) is 26.9. The number of hydrogen-bond donors (Lipinski definition) is 3. The predicted molar refractivity (Wildman–Crippen MR) is 176 cm³/mol. The number of carbonyl (C=O) groups is 2. The Labute approximate surface area is 266 Å². The van der Waals surface area contributed by atoms with Gasteiger partial charge in [0.25, 0.3) is 11.8 Å². The Kier molecular flexibility index (Phi) is 9.35. The van der Waals surface area contributed by atoms with Gasteiger partial charge in [-0.25, -0.2) is 3.97 Å². The third-order valence-electron chi connectivity index (χ3n) is 7.51. The van der Waals surface area contributed by atoms with Gasteiger partial charge in [-0.1, -0.05) is 18.2 Å². The Morgan fingerprint density at radius 2 is 1.70 bits per heavy atom. The van der Waals surface area contributed by atoms with E-state index in [2.05, 4.69) is 15.6 Å². The summed E-state index contributed by atoms with van der Waals surface area (Å²) in [4.78, 5) is 30.4. The molecule has 0 aliphatic heterocycles. The summed E-state index contributed by atoms with van der Waals surface area (Å²) in [5.41, 5.74) is 2.90. The molecule has 3 N–H and O–H groups in total. The van der Waals surface area contributed by atoms with Gasteiger partial charge in [-0.05, 0) is 60.5 Å². The van der Waals surface area contributed by atoms with Crippen LogP contribution in [0.5, 0.6) is 17.2 Å². The minimum absolute atomic E-state index is 0.0782. The van der Waals surface area contributed by atoms with Gasteiger partial charge in [0.05, 0.1) is 26.8 Å². The maximum Gasteiger partial charge on any atom is 0.307 e. The minimum atomic E-state index is -3.89. The summed E-state index contributed by atoms with van der Waals surface area (Å²) in [6.45, 7) is 0.253. The molecule has 0 spiro atoms. The highest BCUT2D eigenvalue weighted by Crippen LogP contribution is 2.29. The SMILES string of the molecule is COc1ccc2[nH]cc(CCNC(=O)C(=Cc3cn(S(=O)(=O)N(C)C)c4ccccc34)NC(=O)c3ccc(OC)c(OC)c3)c2c1. The Morgan fingerprint density at radius 3 is 2.41 bits per heavy atom. The first-order valence-electron chi connectivity index (χ1n) is 14.3. The molecule has 5 rings (SSSR count). The number of ether oxygens (including phenoxy) is 3. The minimum Gasteiger partial charge on any atom is -0.497 e. The van der Waals surface area contributed by atoms with Crippen molar-refractivity contribution in [1.82, 2.24) is 23.9 Å². The molecule has 240 valence electrons. The molecule has 0 saturated heterocycles. The molecular formula is C33H35N5O7S. The Balaban J connectivity index is 1.48. The molecule has 0 unspecified atom stereocenters. The quantitative estimate of drug-likeness (QED) is 0.175. The fourth-order valence-electron chi connectivity index (χ4n) is 5.04. The average molecular weight is 646 g/mol. The first kappa shape index (κ1) is 32.1. The van der Waals surface area contributed by atoms with E-state index in [-0.39, 0.29) is 17.8 Å². The summed E-state index contributed by atoms with van der Waals surface area (Å²) in [5.74, 6) is 0.375. The summed E-state index contributed by atoms with van der Waals surface area (Å²) in [6.07, 6.45) is 5.27. The fourth-order valence-corrected chi connectivity index (χ4v) is 6.05. The second-order valence-electron chi connectivity index (χ2n) is 10.5. The third kappa shape index (κ3) is 6.41. The van der Waals surface area contributed by atoms with Crippen molar-refractivity contribution < 1.29 is 32.2 Å². The summed E-state index contributed by atoms with van der Waals surface area (Å²) in [6, 6.07) is 17.3. The number of aromatic amines is 1. The Bertz CT molecular complexity index is 2060. The van der Waals surface area contributed by atoms with E-state index in [9.17, 15) is 18.0 Å². The molecule has 2 aromatic heterocycles. The molecule has 0 aliphatic carbocycles. The zero-order chi connectivity index (χ0) is 33.0. The highest BCUT2D eigenvalue weighted by molar-refractivity contribution is 7.87. The smallest absolute Gasteiger partial charge is 0.307 e. The standard InChI is InChI=1S/C33H35N5O7S/c1-37(2)46(41,42)38-20-23(25-8-6-7-9-29(25)38)16-28(36-32(39)21-10-13-30(44-4)31(17-21)45-5)33(40)34-15-14-22-19-35-27-12-11-24(43-3)18-26(22)27/h6-13,16-20,35H,14-15H2,1-5H3,(H,34,40)(H,36,39). The van der Waals surface area contributed by atoms with Crippen molar-refractivity contribution in [3.8, 4) is 17.2 Å². The Hall–Kier alpha value is -5.27. The number of H-pyrrole nitrogens is 1. The second kappa shape index (κ2) is 13.4. The number of aromatic nitrogens is 2. The van der Waals surface area contributed by atoms with Gasteiger partial charge in [0.2, 0.25) is 0 Å². The van der Waals surface area contributed by atoms with Crippen LogP contribution in [-0.2, 0) is 21.4 Å². The van der Waals surface area contributed by atoms with Gasteiger partial charge < -0.3 is 29.8 Å². The van der Waals surface area contributed by atoms with Gasteiger partial charge in [-0.2, -0.15) is 12.7 Å². The number of fused-ring (bicyclic) bond motifs is 2. The van der Waals surface area contributed by atoms with E-state index in [0.29, 0.717) is 34.4 Å². The maximum atomic E-state index is 13.7. The number of hydrogen-bond acceptors (Lipinski definition) is 7. The zero-order valence-electron chi connectivity index (χ0n) is 26.1. The average Bonchev–Trinajstić information content (AvgIpc) is 3.65. The van der Waals surface area contributed by atoms with Crippen LogP contribution in [-0.4, -0.2) is 75.5 Å². The van der Waals surface area contributed by atoms with Crippen molar-refractivity contribution in [2.45, 2.75) is 6.42 Å². The molecule has 12 nitrogen and oxygen atoms in total. The van der Waals surface area contributed by atoms with E-state index in [1.165, 1.54) is 46.7 Å². The lowest BCUT2D eigenvalue weighted by Gasteiger charge is -2.13. The number of carbonyl (C=O) groups excluding carboxylic acids is 2. The lowest BCUT2D eigenvalue weighted by Crippen LogP contribution is -2.35. The highest BCUT2D eigenvalue weighted by Gasteiger charge is 2.22. The molecule has 3 aromatic carbocycles. The summed E-state index contributed by atoms with van der Waals surface area (Å²) in [5, 5.41) is 7.16. The van der Waals surface area contributed by atoms with Gasteiger partial charge in [0.15, 0.2) is 11.5 Å². The van der Waals surface area contributed by atoms with Crippen molar-refractivity contribution in [2.24, 2.45) is 0 Å². The van der Waals surface area contributed by atoms with Crippen LogP contribution in [0.15, 0.2) is 78.8 Å². The number of methoxy groups -OCH3 is 3. The molecule has 0 atom stereocenters. The van der Waals surface area contributed by atoms with Crippen molar-refractivity contribution in [3.05, 3.63) is 95.4 Å². The maximum absolute atomic E-state index is 13.7. The van der Waals surface area contributed by atoms with E-state index in [1.54, 1.807) is 43.5 Å². The van der Waals surface area contributed by atoms with E-state index >= 15 is 0 Å². The number of para-hydroxylation sites is 1. The van der Waals surface area contributed by atoms with E-state index < -0.39 is 22.0 Å². The molecular weight excluding hydrogens is 610 g/mol. The van der Waals surface area contributed by atoms with Crippen LogP contribution in [0.3, 0.4) is 0 Å². The largest absolute Gasteiger partial charge is 0.497 e. The van der Waals surface area contributed by atoms with Crippen molar-refractivity contribution in [3.63, 3.8) is 0 Å². The van der Waals surface area contributed by atoms with Crippen LogP contribution in [0.25, 0.3) is 27.9 Å². The summed E-state index contributed by atoms with van der Waals surface area (Å²) < 4.78 is 44.5. The lowest BCUT2D eigenvalue weighted by molar-refractivity contribution is -0.117. The molecule has 0 saturated carbocycles. The van der Waals surface area contributed by atoms with Crippen LogP contribution in [0, 0.1) is 0 Å². The molecule has 2 heterocycles. The van der Waals surface area contributed by atoms with E-state index in [4.69, 9.17) is 14.2 Å².